The molecule has 52 heavy (non-hydrogen) atoms. The number of methoxy groups -OCH3 is 8. The molecule has 0 atom stereocenters. The van der Waals surface area contributed by atoms with Gasteiger partial charge in [-0.2, -0.15) is 0 Å². The fourth-order valence-electron chi connectivity index (χ4n) is 6.36. The highest BCUT2D eigenvalue weighted by atomic mass is 16.5. The van der Waals surface area contributed by atoms with Crippen LogP contribution in [-0.4, -0.2) is 105 Å². The minimum absolute atomic E-state index is 0.140. The molecule has 0 saturated carbocycles. The second-order valence-electron chi connectivity index (χ2n) is 11.6. The fourth-order valence-corrected chi connectivity index (χ4v) is 6.36. The first-order valence-electron chi connectivity index (χ1n) is 15.7. The van der Waals surface area contributed by atoms with E-state index in [1.165, 1.54) is 56.9 Å². The van der Waals surface area contributed by atoms with Crippen molar-refractivity contribution < 1.29 is 76.3 Å². The number of hydrogen-bond donors (Lipinski definition) is 0. The van der Waals surface area contributed by atoms with Gasteiger partial charge in [-0.05, 0) is 0 Å². The Bertz CT molecular complexity index is 1410. The molecule has 0 aliphatic heterocycles. The van der Waals surface area contributed by atoms with Crippen molar-refractivity contribution in [3.8, 4) is 0 Å². The molecule has 4 rings (SSSR count). The number of carbonyl (C=O) groups is 8. The summed E-state index contributed by atoms with van der Waals surface area (Å²) in [6, 6.07) is 0. The fraction of sp³-hybridized carbons (Fsp3) is 0.444. The van der Waals surface area contributed by atoms with Gasteiger partial charge < -0.3 is 37.9 Å². The van der Waals surface area contributed by atoms with Gasteiger partial charge in [-0.3, -0.25) is 0 Å². The normalized spacial score (nSPS) is 16.8. The lowest BCUT2D eigenvalue weighted by molar-refractivity contribution is -0.140. The summed E-state index contributed by atoms with van der Waals surface area (Å²) >= 11 is 0. The van der Waals surface area contributed by atoms with Gasteiger partial charge in [-0.25, -0.2) is 38.4 Å². The summed E-state index contributed by atoms with van der Waals surface area (Å²) in [5.41, 5.74) is 4.72. The lowest BCUT2D eigenvalue weighted by Crippen LogP contribution is -2.25. The van der Waals surface area contributed by atoms with Gasteiger partial charge in [0.2, 0.25) is 0 Å². The second-order valence-corrected chi connectivity index (χ2v) is 11.6. The second kappa shape index (κ2) is 17.9. The molecule has 0 spiro atoms. The van der Waals surface area contributed by atoms with Crippen molar-refractivity contribution in [2.75, 3.05) is 56.9 Å². The number of esters is 8. The third kappa shape index (κ3) is 8.55. The van der Waals surface area contributed by atoms with Crippen molar-refractivity contribution in [1.82, 2.24) is 0 Å². The molecule has 0 fully saturated rings. The molecule has 0 unspecified atom stereocenters. The van der Waals surface area contributed by atoms with Crippen LogP contribution in [0.2, 0.25) is 0 Å². The van der Waals surface area contributed by atoms with Gasteiger partial charge >= 0.3 is 47.8 Å². The summed E-state index contributed by atoms with van der Waals surface area (Å²) in [5.74, 6) is -5.01. The van der Waals surface area contributed by atoms with Crippen molar-refractivity contribution in [3.63, 3.8) is 0 Å². The number of allylic oxidation sites excluding steroid dienone is 4. The average Bonchev–Trinajstić information content (AvgIpc) is 3.19. The van der Waals surface area contributed by atoms with Crippen LogP contribution >= 0.6 is 0 Å². The van der Waals surface area contributed by atoms with Crippen LogP contribution in [0.5, 0.6) is 0 Å². The first kappa shape index (κ1) is 40.6. The number of carbonyl (C=O) groups excluding carboxylic acids is 8. The van der Waals surface area contributed by atoms with E-state index < -0.39 is 47.8 Å². The highest BCUT2D eigenvalue weighted by Gasteiger charge is 2.38. The number of rotatable bonds is 8. The van der Waals surface area contributed by atoms with E-state index in [-0.39, 0.29) is 96.0 Å². The van der Waals surface area contributed by atoms with E-state index in [0.717, 1.165) is 22.3 Å². The Morgan fingerprint density at radius 1 is 0.250 bits per heavy atom. The minimum atomic E-state index is -0.626. The van der Waals surface area contributed by atoms with Gasteiger partial charge in [-0.15, -0.1) is 0 Å². The quantitative estimate of drug-likeness (QED) is 0.199. The molecule has 0 aromatic carbocycles. The molecule has 0 radical (unpaired) electrons. The molecule has 4 aliphatic rings. The van der Waals surface area contributed by atoms with Crippen LogP contribution in [0.4, 0.5) is 0 Å². The van der Waals surface area contributed by atoms with Crippen molar-refractivity contribution in [2.24, 2.45) is 0 Å². The predicted molar refractivity (Wildman–Crippen MR) is 175 cm³/mol. The lowest BCUT2D eigenvalue weighted by atomic mass is 9.76. The predicted octanol–water partition coefficient (Wildman–Crippen LogP) is 2.31. The van der Waals surface area contributed by atoms with E-state index in [9.17, 15) is 38.4 Å². The Morgan fingerprint density at radius 2 is 0.346 bits per heavy atom. The Kier molecular flexibility index (Phi) is 14.0. The van der Waals surface area contributed by atoms with Gasteiger partial charge in [0, 0.05) is 51.4 Å². The topological polar surface area (TPSA) is 210 Å². The molecular weight excluding hydrogens is 688 g/mol. The Balaban J connectivity index is 0.000000280. The Morgan fingerprint density at radius 3 is 0.423 bits per heavy atom. The van der Waals surface area contributed by atoms with Gasteiger partial charge in [0.05, 0.1) is 101 Å². The summed E-state index contributed by atoms with van der Waals surface area (Å²) in [6.45, 7) is 0. The van der Waals surface area contributed by atoms with Gasteiger partial charge in [0.15, 0.2) is 0 Å². The Labute approximate surface area is 299 Å². The first-order valence-corrected chi connectivity index (χ1v) is 15.7. The van der Waals surface area contributed by atoms with E-state index >= 15 is 0 Å². The smallest absolute Gasteiger partial charge is 0.334 e. The molecule has 4 aliphatic carbocycles. The van der Waals surface area contributed by atoms with Gasteiger partial charge in [0.1, 0.15) is 0 Å². The van der Waals surface area contributed by atoms with E-state index in [0.29, 0.717) is 0 Å². The zero-order valence-electron chi connectivity index (χ0n) is 30.2. The van der Waals surface area contributed by atoms with Crippen LogP contribution in [0.15, 0.2) is 66.9 Å². The van der Waals surface area contributed by atoms with Crippen LogP contribution < -0.4 is 0 Å². The van der Waals surface area contributed by atoms with Crippen LogP contribution in [0.3, 0.4) is 0 Å². The van der Waals surface area contributed by atoms with Gasteiger partial charge in [0.25, 0.3) is 0 Å². The van der Waals surface area contributed by atoms with Crippen LogP contribution in [-0.2, 0) is 76.3 Å². The molecule has 0 N–H and O–H groups in total. The van der Waals surface area contributed by atoms with Crippen LogP contribution in [0.25, 0.3) is 0 Å². The molecule has 16 nitrogen and oxygen atoms in total. The molecule has 16 heteroatoms. The van der Waals surface area contributed by atoms with Crippen LogP contribution in [0.1, 0.15) is 51.4 Å². The van der Waals surface area contributed by atoms with E-state index in [2.05, 4.69) is 0 Å². The molecule has 280 valence electrons. The zero-order valence-corrected chi connectivity index (χ0v) is 30.2. The SMILES string of the molecule is COC(=O)C1=C(C(=O)OC)CC2=C(C1)CC(C(=O)OC)=C(C(=O)OC)C2.COC(=O)C1=C(C(=O)OC)CC2=C(C1)CC(C(=O)OC)=C(C(=O)OC)C2. The maximum absolute atomic E-state index is 12.1. The van der Waals surface area contributed by atoms with E-state index in [1.807, 2.05) is 0 Å². The van der Waals surface area contributed by atoms with Crippen molar-refractivity contribution in [2.45, 2.75) is 51.4 Å². The number of ether oxygens (including phenoxy) is 8. The molecular formula is C36H40O16. The third-order valence-electron chi connectivity index (χ3n) is 9.03. The minimum Gasteiger partial charge on any atom is -0.466 e. The molecule has 0 saturated heterocycles. The summed E-state index contributed by atoms with van der Waals surface area (Å²) in [6.07, 6.45) is 1.12. The molecule has 0 amide bonds. The molecule has 0 aromatic rings. The van der Waals surface area contributed by atoms with Crippen molar-refractivity contribution in [1.29, 1.82) is 0 Å². The highest BCUT2D eigenvalue weighted by molar-refractivity contribution is 6.05. The standard InChI is InChI=1S/2C18H20O8/c2*1-23-15(19)11-5-9-7-13(17(21)25-3)14(18(22)26-4)8-10(9)6-12(11)16(20)24-2/h2*5-8H2,1-4H3. The number of hydrogen-bond acceptors (Lipinski definition) is 16. The van der Waals surface area contributed by atoms with E-state index in [4.69, 9.17) is 37.9 Å². The van der Waals surface area contributed by atoms with Crippen LogP contribution in [0, 0.1) is 0 Å². The van der Waals surface area contributed by atoms with Gasteiger partial charge in [-0.1, -0.05) is 22.3 Å². The van der Waals surface area contributed by atoms with Crippen molar-refractivity contribution in [3.05, 3.63) is 66.9 Å². The Hall–Kier alpha value is -5.80. The maximum Gasteiger partial charge on any atom is 0.334 e. The summed E-state index contributed by atoms with van der Waals surface area (Å²) in [4.78, 5) is 96.6. The first-order chi connectivity index (χ1) is 24.7. The summed E-state index contributed by atoms with van der Waals surface area (Å²) in [7, 11) is 9.81. The zero-order chi connectivity index (χ0) is 38.9. The molecule has 0 bridgehead atoms. The van der Waals surface area contributed by atoms with Crippen molar-refractivity contribution >= 4 is 47.8 Å². The summed E-state index contributed by atoms with van der Waals surface area (Å²) < 4.78 is 38.1. The van der Waals surface area contributed by atoms with E-state index in [1.54, 1.807) is 0 Å². The average molecular weight is 729 g/mol. The highest BCUT2D eigenvalue weighted by Crippen LogP contribution is 2.43. The lowest BCUT2D eigenvalue weighted by Gasteiger charge is -2.29. The third-order valence-corrected chi connectivity index (χ3v) is 9.03. The monoisotopic (exact) mass is 728 g/mol. The molecule has 0 aromatic heterocycles. The maximum atomic E-state index is 12.1. The summed E-state index contributed by atoms with van der Waals surface area (Å²) in [5, 5.41) is 0. The molecule has 0 heterocycles. The largest absolute Gasteiger partial charge is 0.466 e.